The van der Waals surface area contributed by atoms with Gasteiger partial charge in [0.05, 0.1) is 0 Å². The summed E-state index contributed by atoms with van der Waals surface area (Å²) in [7, 11) is 0. The van der Waals surface area contributed by atoms with Crippen LogP contribution >= 0.6 is 0 Å². The summed E-state index contributed by atoms with van der Waals surface area (Å²) in [6.07, 6.45) is 39.5. The Balaban J connectivity index is 4.25. The van der Waals surface area contributed by atoms with Gasteiger partial charge in [-0.25, -0.2) is 0 Å². The van der Waals surface area contributed by atoms with Gasteiger partial charge in [-0.3, -0.25) is 14.4 Å². The Morgan fingerprint density at radius 2 is 0.625 bits per heavy atom. The van der Waals surface area contributed by atoms with Crippen molar-refractivity contribution in [2.75, 3.05) is 13.2 Å². The molecule has 0 heterocycles. The van der Waals surface area contributed by atoms with Crippen molar-refractivity contribution in [2.24, 2.45) is 17.8 Å². The summed E-state index contributed by atoms with van der Waals surface area (Å²) in [4.78, 5) is 37.8. The fraction of sp³-hybridized carbons (Fsp3) is 0.940. The average molecular weight is 793 g/mol. The van der Waals surface area contributed by atoms with Crippen LogP contribution in [-0.2, 0) is 28.6 Å². The second-order valence-electron chi connectivity index (χ2n) is 18.1. The van der Waals surface area contributed by atoms with E-state index in [0.717, 1.165) is 75.5 Å². The predicted molar refractivity (Wildman–Crippen MR) is 238 cm³/mol. The molecule has 0 aromatic heterocycles. The minimum absolute atomic E-state index is 0.0664. The first-order valence-electron chi connectivity index (χ1n) is 24.7. The van der Waals surface area contributed by atoms with E-state index in [-0.39, 0.29) is 31.1 Å². The second kappa shape index (κ2) is 41.6. The number of carbonyl (C=O) groups excluding carboxylic acids is 3. The molecule has 0 aliphatic carbocycles. The smallest absolute Gasteiger partial charge is 0.306 e. The van der Waals surface area contributed by atoms with Crippen molar-refractivity contribution < 1.29 is 28.6 Å². The van der Waals surface area contributed by atoms with Gasteiger partial charge in [-0.1, -0.05) is 228 Å². The Hall–Kier alpha value is -1.59. The van der Waals surface area contributed by atoms with E-state index in [2.05, 4.69) is 41.5 Å². The molecule has 0 rings (SSSR count). The molecule has 0 saturated carbocycles. The minimum atomic E-state index is -0.763. The first-order chi connectivity index (χ1) is 27.2. The molecule has 6 heteroatoms. The fourth-order valence-corrected chi connectivity index (χ4v) is 7.34. The first kappa shape index (κ1) is 54.4. The number of esters is 3. The standard InChI is InChI=1S/C50H96O6/c1-7-45(5)37-31-25-19-15-13-11-9-10-12-14-16-20-27-33-39-48(51)54-42-47(56-50(53)41-35-29-21-17-18-24-30-36-44(3)4)43-55-49(52)40-34-28-23-22-26-32-38-46(6)8-2/h44-47H,7-43H2,1-6H3/t45?,46?,47-/m1/s1. The van der Waals surface area contributed by atoms with Crippen LogP contribution < -0.4 is 0 Å². The lowest BCUT2D eigenvalue weighted by Gasteiger charge is -2.18. The van der Waals surface area contributed by atoms with E-state index in [1.165, 1.54) is 148 Å². The maximum Gasteiger partial charge on any atom is 0.306 e. The summed E-state index contributed by atoms with van der Waals surface area (Å²) in [5, 5.41) is 0. The summed E-state index contributed by atoms with van der Waals surface area (Å²) in [6, 6.07) is 0. The van der Waals surface area contributed by atoms with Gasteiger partial charge in [0.25, 0.3) is 0 Å². The number of carbonyl (C=O) groups is 3. The van der Waals surface area contributed by atoms with E-state index in [4.69, 9.17) is 14.2 Å². The van der Waals surface area contributed by atoms with Crippen molar-refractivity contribution in [1.82, 2.24) is 0 Å². The Kier molecular flexibility index (Phi) is 40.4. The molecule has 0 aromatic rings. The zero-order valence-electron chi connectivity index (χ0n) is 38.4. The van der Waals surface area contributed by atoms with Crippen LogP contribution in [0.5, 0.6) is 0 Å². The highest BCUT2D eigenvalue weighted by Gasteiger charge is 2.19. The molecule has 0 aromatic carbocycles. The third-order valence-corrected chi connectivity index (χ3v) is 11.9. The molecule has 0 amide bonds. The van der Waals surface area contributed by atoms with Crippen molar-refractivity contribution in [2.45, 2.75) is 272 Å². The topological polar surface area (TPSA) is 78.9 Å². The summed E-state index contributed by atoms with van der Waals surface area (Å²) >= 11 is 0. The van der Waals surface area contributed by atoms with Gasteiger partial charge in [-0.05, 0) is 37.0 Å². The fourth-order valence-electron chi connectivity index (χ4n) is 7.34. The molecule has 332 valence electrons. The molecule has 3 atom stereocenters. The van der Waals surface area contributed by atoms with Crippen molar-refractivity contribution in [1.29, 1.82) is 0 Å². The third-order valence-electron chi connectivity index (χ3n) is 11.9. The quantitative estimate of drug-likeness (QED) is 0.0348. The first-order valence-corrected chi connectivity index (χ1v) is 24.7. The van der Waals surface area contributed by atoms with Crippen molar-refractivity contribution >= 4 is 17.9 Å². The lowest BCUT2D eigenvalue weighted by atomic mass is 9.99. The van der Waals surface area contributed by atoms with Gasteiger partial charge in [0.1, 0.15) is 13.2 Å². The Bertz CT molecular complexity index is 872. The highest BCUT2D eigenvalue weighted by atomic mass is 16.6. The van der Waals surface area contributed by atoms with Gasteiger partial charge in [0, 0.05) is 19.3 Å². The largest absolute Gasteiger partial charge is 0.462 e. The van der Waals surface area contributed by atoms with E-state index in [9.17, 15) is 14.4 Å². The van der Waals surface area contributed by atoms with Crippen LogP contribution in [-0.4, -0.2) is 37.2 Å². The number of hydrogen-bond donors (Lipinski definition) is 0. The van der Waals surface area contributed by atoms with Gasteiger partial charge >= 0.3 is 17.9 Å². The van der Waals surface area contributed by atoms with E-state index in [0.29, 0.717) is 19.3 Å². The molecule has 0 fully saturated rings. The van der Waals surface area contributed by atoms with E-state index in [1.807, 2.05) is 0 Å². The molecule has 6 nitrogen and oxygen atoms in total. The summed E-state index contributed by atoms with van der Waals surface area (Å²) < 4.78 is 16.7. The Morgan fingerprint density at radius 3 is 0.929 bits per heavy atom. The number of hydrogen-bond acceptors (Lipinski definition) is 6. The summed E-state index contributed by atoms with van der Waals surface area (Å²) in [6.45, 7) is 13.7. The molecule has 56 heavy (non-hydrogen) atoms. The monoisotopic (exact) mass is 793 g/mol. The van der Waals surface area contributed by atoms with Crippen LogP contribution in [0.1, 0.15) is 266 Å². The van der Waals surface area contributed by atoms with Gasteiger partial charge < -0.3 is 14.2 Å². The zero-order valence-corrected chi connectivity index (χ0v) is 38.4. The maximum atomic E-state index is 12.7. The summed E-state index contributed by atoms with van der Waals surface area (Å²) in [5.41, 5.74) is 0. The van der Waals surface area contributed by atoms with Crippen LogP contribution in [0.2, 0.25) is 0 Å². The predicted octanol–water partition coefficient (Wildman–Crippen LogP) is 15.6. The Labute approximate surface area is 348 Å². The molecule has 0 radical (unpaired) electrons. The lowest BCUT2D eigenvalue weighted by Crippen LogP contribution is -2.30. The molecular formula is C50H96O6. The van der Waals surface area contributed by atoms with Crippen molar-refractivity contribution in [3.63, 3.8) is 0 Å². The molecule has 0 N–H and O–H groups in total. The Morgan fingerprint density at radius 1 is 0.357 bits per heavy atom. The molecule has 0 aliphatic rings. The second-order valence-corrected chi connectivity index (χ2v) is 18.1. The number of unbranched alkanes of at least 4 members (excludes halogenated alkanes) is 24. The molecule has 0 bridgehead atoms. The maximum absolute atomic E-state index is 12.7. The van der Waals surface area contributed by atoms with Gasteiger partial charge in [-0.15, -0.1) is 0 Å². The van der Waals surface area contributed by atoms with Crippen molar-refractivity contribution in [3.8, 4) is 0 Å². The van der Waals surface area contributed by atoms with Gasteiger partial charge in [-0.2, -0.15) is 0 Å². The highest BCUT2D eigenvalue weighted by molar-refractivity contribution is 5.71. The zero-order chi connectivity index (χ0) is 41.3. The van der Waals surface area contributed by atoms with E-state index >= 15 is 0 Å². The van der Waals surface area contributed by atoms with E-state index in [1.54, 1.807) is 0 Å². The molecule has 0 saturated heterocycles. The highest BCUT2D eigenvalue weighted by Crippen LogP contribution is 2.18. The number of ether oxygens (including phenoxy) is 3. The van der Waals surface area contributed by atoms with Crippen LogP contribution in [0.25, 0.3) is 0 Å². The van der Waals surface area contributed by atoms with Crippen LogP contribution in [0, 0.1) is 17.8 Å². The van der Waals surface area contributed by atoms with Crippen LogP contribution in [0.4, 0.5) is 0 Å². The SMILES string of the molecule is CCC(C)CCCCCCCCCCCCCCCCC(=O)OC[C@H](COC(=O)CCCCCCCCC(C)CC)OC(=O)CCCCCCCCCC(C)C. The molecule has 0 aliphatic heterocycles. The third kappa shape index (κ3) is 40.6. The van der Waals surface area contributed by atoms with Gasteiger partial charge in [0.15, 0.2) is 6.10 Å². The molecule has 0 spiro atoms. The number of rotatable bonds is 43. The van der Waals surface area contributed by atoms with Crippen LogP contribution in [0.3, 0.4) is 0 Å². The summed E-state index contributed by atoms with van der Waals surface area (Å²) in [5.74, 6) is 1.63. The average Bonchev–Trinajstić information content (AvgIpc) is 3.18. The lowest BCUT2D eigenvalue weighted by molar-refractivity contribution is -0.167. The van der Waals surface area contributed by atoms with Gasteiger partial charge in [0.2, 0.25) is 0 Å². The molecule has 2 unspecified atom stereocenters. The van der Waals surface area contributed by atoms with Crippen LogP contribution in [0.15, 0.2) is 0 Å². The van der Waals surface area contributed by atoms with Crippen molar-refractivity contribution in [3.05, 3.63) is 0 Å². The van der Waals surface area contributed by atoms with E-state index < -0.39 is 6.10 Å². The molecular weight excluding hydrogens is 697 g/mol. The normalized spacial score (nSPS) is 13.1. The minimum Gasteiger partial charge on any atom is -0.462 e.